The van der Waals surface area contributed by atoms with Crippen molar-refractivity contribution in [1.29, 1.82) is 0 Å². The highest BCUT2D eigenvalue weighted by Gasteiger charge is 2.14. The minimum Gasteiger partial charge on any atom is -0.343 e. The molecule has 100 valence electrons. The fourth-order valence-electron chi connectivity index (χ4n) is 1.83. The molecule has 0 spiro atoms. The lowest BCUT2D eigenvalue weighted by molar-refractivity contribution is 0.0929. The van der Waals surface area contributed by atoms with Crippen molar-refractivity contribution >= 4 is 5.91 Å². The Morgan fingerprint density at radius 3 is 2.58 bits per heavy atom. The van der Waals surface area contributed by atoms with Gasteiger partial charge in [0.05, 0.1) is 6.04 Å². The standard InChI is InChI=1S/C14H18N4O/c1-4-11-5-7-12(8-6-11)9(2)15-14(19)13-16-10(3)17-18-13/h5-9H,4H2,1-3H3,(H,15,19)(H,16,17,18). The third-order valence-corrected chi connectivity index (χ3v) is 3.04. The van der Waals surface area contributed by atoms with Gasteiger partial charge in [-0.25, -0.2) is 4.98 Å². The van der Waals surface area contributed by atoms with Crippen molar-refractivity contribution in [2.75, 3.05) is 0 Å². The summed E-state index contributed by atoms with van der Waals surface area (Å²) in [5.41, 5.74) is 2.35. The first-order chi connectivity index (χ1) is 9.10. The maximum absolute atomic E-state index is 11.9. The maximum atomic E-state index is 11.9. The summed E-state index contributed by atoms with van der Waals surface area (Å²) >= 11 is 0. The molecule has 0 radical (unpaired) electrons. The average Bonchev–Trinajstić information content (AvgIpc) is 2.85. The van der Waals surface area contributed by atoms with E-state index in [4.69, 9.17) is 0 Å². The van der Waals surface area contributed by atoms with Crippen molar-refractivity contribution in [2.45, 2.75) is 33.2 Å². The van der Waals surface area contributed by atoms with Crippen molar-refractivity contribution < 1.29 is 4.79 Å². The third-order valence-electron chi connectivity index (χ3n) is 3.04. The van der Waals surface area contributed by atoms with Crippen molar-refractivity contribution in [3.8, 4) is 0 Å². The highest BCUT2D eigenvalue weighted by molar-refractivity contribution is 5.90. The SMILES string of the molecule is CCc1ccc(C(C)NC(=O)c2n[nH]c(C)n2)cc1. The predicted molar refractivity (Wildman–Crippen MR) is 72.8 cm³/mol. The first-order valence-corrected chi connectivity index (χ1v) is 6.39. The number of hydrogen-bond donors (Lipinski definition) is 2. The average molecular weight is 258 g/mol. The number of aromatic amines is 1. The van der Waals surface area contributed by atoms with Crippen molar-refractivity contribution in [2.24, 2.45) is 0 Å². The quantitative estimate of drug-likeness (QED) is 0.883. The van der Waals surface area contributed by atoms with E-state index in [1.165, 1.54) is 5.56 Å². The molecular weight excluding hydrogens is 240 g/mol. The zero-order valence-corrected chi connectivity index (χ0v) is 11.4. The van der Waals surface area contributed by atoms with Gasteiger partial charge >= 0.3 is 0 Å². The monoisotopic (exact) mass is 258 g/mol. The summed E-state index contributed by atoms with van der Waals surface area (Å²) < 4.78 is 0. The van der Waals surface area contributed by atoms with Gasteiger partial charge in [0, 0.05) is 0 Å². The summed E-state index contributed by atoms with van der Waals surface area (Å²) in [4.78, 5) is 15.9. The Kier molecular flexibility index (Phi) is 3.94. The molecule has 0 saturated carbocycles. The Labute approximate surface area is 112 Å². The summed E-state index contributed by atoms with van der Waals surface area (Å²) in [6.45, 7) is 5.82. The second-order valence-corrected chi connectivity index (χ2v) is 4.53. The van der Waals surface area contributed by atoms with E-state index in [-0.39, 0.29) is 17.8 Å². The Hall–Kier alpha value is -2.17. The molecule has 2 N–H and O–H groups in total. The van der Waals surface area contributed by atoms with Gasteiger partial charge in [0.2, 0.25) is 5.82 Å². The zero-order chi connectivity index (χ0) is 13.8. The predicted octanol–water partition coefficient (Wildman–Crippen LogP) is 2.17. The molecule has 2 aromatic rings. The maximum Gasteiger partial charge on any atom is 0.291 e. The van der Waals surface area contributed by atoms with Gasteiger partial charge in [-0.2, -0.15) is 0 Å². The molecule has 5 heteroatoms. The second kappa shape index (κ2) is 5.65. The smallest absolute Gasteiger partial charge is 0.291 e. The summed E-state index contributed by atoms with van der Waals surface area (Å²) in [5, 5.41) is 9.38. The summed E-state index contributed by atoms with van der Waals surface area (Å²) in [6.07, 6.45) is 1.01. The minimum absolute atomic E-state index is 0.0720. The summed E-state index contributed by atoms with van der Waals surface area (Å²) in [7, 11) is 0. The van der Waals surface area contributed by atoms with E-state index < -0.39 is 0 Å². The lowest BCUT2D eigenvalue weighted by Crippen LogP contribution is -2.27. The van der Waals surface area contributed by atoms with Gasteiger partial charge < -0.3 is 5.32 Å². The fourth-order valence-corrected chi connectivity index (χ4v) is 1.83. The number of hydrogen-bond acceptors (Lipinski definition) is 3. The first kappa shape index (κ1) is 13.3. The van der Waals surface area contributed by atoms with Gasteiger partial charge in [-0.1, -0.05) is 31.2 Å². The number of carbonyl (C=O) groups excluding carboxylic acids is 1. The molecular formula is C14H18N4O. The molecule has 0 aliphatic rings. The topological polar surface area (TPSA) is 70.7 Å². The van der Waals surface area contributed by atoms with Crippen LogP contribution in [0.25, 0.3) is 0 Å². The van der Waals surface area contributed by atoms with Crippen LogP contribution in [0.15, 0.2) is 24.3 Å². The van der Waals surface area contributed by atoms with Crippen molar-refractivity contribution in [3.63, 3.8) is 0 Å². The highest BCUT2D eigenvalue weighted by Crippen LogP contribution is 2.14. The molecule has 19 heavy (non-hydrogen) atoms. The van der Waals surface area contributed by atoms with Crippen molar-refractivity contribution in [1.82, 2.24) is 20.5 Å². The lowest BCUT2D eigenvalue weighted by atomic mass is 10.1. The number of nitrogens with one attached hydrogen (secondary N) is 2. The van der Waals surface area contributed by atoms with Gasteiger partial charge in [-0.05, 0) is 31.4 Å². The number of benzene rings is 1. The number of nitrogens with zero attached hydrogens (tertiary/aromatic N) is 2. The molecule has 2 rings (SSSR count). The number of amides is 1. The molecule has 0 fully saturated rings. The molecule has 0 aliphatic carbocycles. The van der Waals surface area contributed by atoms with Crippen LogP contribution in [-0.4, -0.2) is 21.1 Å². The van der Waals surface area contributed by atoms with Crippen LogP contribution < -0.4 is 5.32 Å². The molecule has 0 aliphatic heterocycles. The normalized spacial score (nSPS) is 12.2. The minimum atomic E-state index is -0.267. The molecule has 1 amide bonds. The Morgan fingerprint density at radius 1 is 1.37 bits per heavy atom. The molecule has 1 aromatic carbocycles. The number of aromatic nitrogens is 3. The van der Waals surface area contributed by atoms with E-state index in [9.17, 15) is 4.79 Å². The van der Waals surface area contributed by atoms with E-state index in [2.05, 4.69) is 39.6 Å². The zero-order valence-electron chi connectivity index (χ0n) is 11.4. The van der Waals surface area contributed by atoms with E-state index in [0.717, 1.165) is 12.0 Å². The van der Waals surface area contributed by atoms with Gasteiger partial charge in [0.25, 0.3) is 5.91 Å². The lowest BCUT2D eigenvalue weighted by Gasteiger charge is -2.13. The van der Waals surface area contributed by atoms with E-state index in [0.29, 0.717) is 5.82 Å². The Morgan fingerprint density at radius 2 is 2.05 bits per heavy atom. The molecule has 1 aromatic heterocycles. The van der Waals surface area contributed by atoms with Crippen LogP contribution in [0.1, 0.15) is 47.5 Å². The van der Waals surface area contributed by atoms with Gasteiger partial charge in [0.1, 0.15) is 5.82 Å². The van der Waals surface area contributed by atoms with Crippen LogP contribution in [0.5, 0.6) is 0 Å². The molecule has 1 atom stereocenters. The van der Waals surface area contributed by atoms with Crippen LogP contribution in [-0.2, 0) is 6.42 Å². The van der Waals surface area contributed by atoms with Gasteiger partial charge in [-0.3, -0.25) is 9.89 Å². The van der Waals surface area contributed by atoms with Crippen LogP contribution in [0.2, 0.25) is 0 Å². The van der Waals surface area contributed by atoms with Gasteiger partial charge in [0.15, 0.2) is 0 Å². The van der Waals surface area contributed by atoms with E-state index >= 15 is 0 Å². The molecule has 5 nitrogen and oxygen atoms in total. The van der Waals surface area contributed by atoms with Crippen LogP contribution in [0, 0.1) is 6.92 Å². The first-order valence-electron chi connectivity index (χ1n) is 6.39. The summed E-state index contributed by atoms with van der Waals surface area (Å²) in [5.74, 6) is 0.538. The van der Waals surface area contributed by atoms with E-state index in [1.54, 1.807) is 6.92 Å². The van der Waals surface area contributed by atoms with Crippen LogP contribution >= 0.6 is 0 Å². The third kappa shape index (κ3) is 3.19. The Balaban J connectivity index is 2.03. The molecule has 0 saturated heterocycles. The Bertz CT molecular complexity index is 559. The second-order valence-electron chi connectivity index (χ2n) is 4.53. The van der Waals surface area contributed by atoms with Crippen LogP contribution in [0.4, 0.5) is 0 Å². The van der Waals surface area contributed by atoms with E-state index in [1.807, 2.05) is 19.1 Å². The molecule has 0 bridgehead atoms. The fraction of sp³-hybridized carbons (Fsp3) is 0.357. The van der Waals surface area contributed by atoms with Crippen LogP contribution in [0.3, 0.4) is 0 Å². The highest BCUT2D eigenvalue weighted by atomic mass is 16.2. The number of rotatable bonds is 4. The molecule has 1 unspecified atom stereocenters. The number of carbonyl (C=O) groups is 1. The summed E-state index contributed by atoms with van der Waals surface area (Å²) in [6, 6.07) is 8.15. The van der Waals surface area contributed by atoms with Gasteiger partial charge in [-0.15, -0.1) is 5.10 Å². The number of H-pyrrole nitrogens is 1. The van der Waals surface area contributed by atoms with Crippen molar-refractivity contribution in [3.05, 3.63) is 47.0 Å². The molecule has 1 heterocycles. The largest absolute Gasteiger partial charge is 0.343 e. The number of aryl methyl sites for hydroxylation is 2.